The summed E-state index contributed by atoms with van der Waals surface area (Å²) in [5.74, 6) is -1.14. The van der Waals surface area contributed by atoms with Crippen molar-refractivity contribution in [1.29, 1.82) is 0 Å². The molecule has 0 bridgehead atoms. The van der Waals surface area contributed by atoms with Crippen LogP contribution in [0.25, 0.3) is 0 Å². The zero-order valence-corrected chi connectivity index (χ0v) is 23.6. The van der Waals surface area contributed by atoms with E-state index in [-0.39, 0.29) is 50.2 Å². The lowest BCUT2D eigenvalue weighted by Crippen LogP contribution is -2.32. The molecule has 9 nitrogen and oxygen atoms in total. The molecule has 0 saturated carbocycles. The molecule has 1 atom stereocenters. The molecule has 0 aliphatic carbocycles. The number of thiophene rings is 1. The molecule has 1 N–H and O–H groups in total. The molecule has 1 unspecified atom stereocenters. The van der Waals surface area contributed by atoms with E-state index in [4.69, 9.17) is 14.2 Å². The van der Waals surface area contributed by atoms with Crippen molar-refractivity contribution in [2.24, 2.45) is 0 Å². The molecule has 1 amide bonds. The van der Waals surface area contributed by atoms with Gasteiger partial charge in [0.1, 0.15) is 11.4 Å². The first-order chi connectivity index (χ1) is 18.1. The Labute approximate surface area is 229 Å². The quantitative estimate of drug-likeness (QED) is 0.144. The van der Waals surface area contributed by atoms with Crippen molar-refractivity contribution in [3.63, 3.8) is 0 Å². The maximum absolute atomic E-state index is 13.0. The Bertz CT molecular complexity index is 1190. The van der Waals surface area contributed by atoms with Gasteiger partial charge >= 0.3 is 27.7 Å². The van der Waals surface area contributed by atoms with E-state index in [2.05, 4.69) is 9.50 Å². The largest absolute Gasteiger partial charge is 0.534 e. The third-order valence-corrected chi connectivity index (χ3v) is 6.67. The average Bonchev–Trinajstić information content (AvgIpc) is 3.34. The van der Waals surface area contributed by atoms with Crippen LogP contribution in [0.2, 0.25) is 0 Å². The van der Waals surface area contributed by atoms with Gasteiger partial charge in [-0.3, -0.25) is 4.79 Å². The number of esters is 1. The van der Waals surface area contributed by atoms with Crippen LogP contribution in [-0.2, 0) is 42.1 Å². The fourth-order valence-corrected chi connectivity index (χ4v) is 4.54. The molecule has 0 radical (unpaired) electrons. The molecule has 1 heterocycles. The van der Waals surface area contributed by atoms with Gasteiger partial charge in [0.15, 0.2) is 0 Å². The predicted octanol–water partition coefficient (Wildman–Crippen LogP) is 5.30. The minimum absolute atomic E-state index is 0.00141. The highest BCUT2D eigenvalue weighted by Gasteiger charge is 2.48. The van der Waals surface area contributed by atoms with Crippen LogP contribution >= 0.6 is 11.3 Å². The first kappa shape index (κ1) is 32.4. The van der Waals surface area contributed by atoms with Gasteiger partial charge in [0.2, 0.25) is 0 Å². The van der Waals surface area contributed by atoms with Crippen molar-refractivity contribution < 1.29 is 49.6 Å². The van der Waals surface area contributed by atoms with E-state index in [0.717, 1.165) is 11.6 Å². The summed E-state index contributed by atoms with van der Waals surface area (Å²) in [6.07, 6.45) is -0.393. The number of carbonyl (C=O) groups excluding carboxylic acids is 2. The van der Waals surface area contributed by atoms with E-state index in [1.807, 2.05) is 16.8 Å². The highest BCUT2D eigenvalue weighted by Crippen LogP contribution is 2.31. The molecular formula is C25H32F3NO8S2. The van der Waals surface area contributed by atoms with E-state index in [1.165, 1.54) is 23.5 Å². The number of nitrogens with one attached hydrogen (secondary N) is 1. The standard InChI is InChI=1S/C25H32F3NO8S2/c1-5-35-22(30)8-10-34-15-20(18-9-11-38-16-18)13-17-6-7-21(37-39(32,33)25(26,27)28)19(12-17)14-29-23(31)36-24(2,3)4/h6-7,9,11-12,16,20H,5,8,10,13-15H2,1-4H3,(H,29,31). The van der Waals surface area contributed by atoms with Gasteiger partial charge in [-0.05, 0) is 68.1 Å². The smallest absolute Gasteiger partial charge is 0.466 e. The number of alkyl carbamates (subject to hydrolysis) is 1. The molecular weight excluding hydrogens is 563 g/mol. The van der Waals surface area contributed by atoms with Gasteiger partial charge in [-0.15, -0.1) is 0 Å². The summed E-state index contributed by atoms with van der Waals surface area (Å²) in [6.45, 7) is 6.91. The molecule has 0 spiro atoms. The number of hydrogen-bond acceptors (Lipinski definition) is 9. The fourth-order valence-electron chi connectivity index (χ4n) is 3.31. The molecule has 1 aromatic carbocycles. The fraction of sp³-hybridized carbons (Fsp3) is 0.520. The third-order valence-electron chi connectivity index (χ3n) is 5.00. The van der Waals surface area contributed by atoms with E-state index >= 15 is 0 Å². The minimum atomic E-state index is -5.94. The monoisotopic (exact) mass is 595 g/mol. The summed E-state index contributed by atoms with van der Waals surface area (Å²) < 4.78 is 82.3. The summed E-state index contributed by atoms with van der Waals surface area (Å²) >= 11 is 1.47. The van der Waals surface area contributed by atoms with Crippen LogP contribution in [0.1, 0.15) is 56.7 Å². The minimum Gasteiger partial charge on any atom is -0.466 e. The predicted molar refractivity (Wildman–Crippen MR) is 138 cm³/mol. The Balaban J connectivity index is 2.26. The van der Waals surface area contributed by atoms with Gasteiger partial charge in [-0.25, -0.2) is 4.79 Å². The maximum Gasteiger partial charge on any atom is 0.534 e. The summed E-state index contributed by atoms with van der Waals surface area (Å²) in [5, 5.41) is 6.22. The first-order valence-electron chi connectivity index (χ1n) is 12.0. The summed E-state index contributed by atoms with van der Waals surface area (Å²) in [4.78, 5) is 23.7. The van der Waals surface area contributed by atoms with E-state index < -0.39 is 33.1 Å². The number of carbonyl (C=O) groups is 2. The van der Waals surface area contributed by atoms with Crippen LogP contribution in [0.15, 0.2) is 35.0 Å². The van der Waals surface area contributed by atoms with Crippen molar-refractivity contribution in [2.45, 2.75) is 64.1 Å². The van der Waals surface area contributed by atoms with Crippen molar-refractivity contribution >= 4 is 33.5 Å². The Morgan fingerprint density at radius 3 is 2.44 bits per heavy atom. The normalized spacial score (nSPS) is 13.0. The molecule has 2 aromatic rings. The lowest BCUT2D eigenvalue weighted by Gasteiger charge is -2.21. The second-order valence-electron chi connectivity index (χ2n) is 9.37. The highest BCUT2D eigenvalue weighted by molar-refractivity contribution is 7.88. The molecule has 1 aromatic heterocycles. The van der Waals surface area contributed by atoms with E-state index in [9.17, 15) is 31.2 Å². The SMILES string of the molecule is CCOC(=O)CCOCC(Cc1ccc(OS(=O)(=O)C(F)(F)F)c(CNC(=O)OC(C)(C)C)c1)c1ccsc1. The van der Waals surface area contributed by atoms with Crippen LogP contribution in [0, 0.1) is 0 Å². The van der Waals surface area contributed by atoms with Crippen LogP contribution < -0.4 is 9.50 Å². The highest BCUT2D eigenvalue weighted by atomic mass is 32.2. The number of benzene rings is 1. The number of amides is 1. The third kappa shape index (κ3) is 11.0. The molecule has 39 heavy (non-hydrogen) atoms. The number of halogens is 3. The van der Waals surface area contributed by atoms with Crippen molar-refractivity contribution in [1.82, 2.24) is 5.32 Å². The first-order valence-corrected chi connectivity index (χ1v) is 14.3. The molecule has 14 heteroatoms. The second-order valence-corrected chi connectivity index (χ2v) is 11.7. The van der Waals surface area contributed by atoms with Gasteiger partial charge in [-0.2, -0.15) is 32.9 Å². The van der Waals surface area contributed by atoms with Gasteiger partial charge in [-0.1, -0.05) is 12.1 Å². The molecule has 0 aliphatic rings. The van der Waals surface area contributed by atoms with Crippen LogP contribution in [-0.4, -0.2) is 51.4 Å². The van der Waals surface area contributed by atoms with Crippen LogP contribution in [0.5, 0.6) is 5.75 Å². The van der Waals surface area contributed by atoms with Crippen LogP contribution in [0.3, 0.4) is 0 Å². The van der Waals surface area contributed by atoms with Crippen molar-refractivity contribution in [3.8, 4) is 5.75 Å². The zero-order chi connectivity index (χ0) is 29.3. The Kier molecular flexibility index (Phi) is 11.6. The Hall–Kier alpha value is -2.84. The van der Waals surface area contributed by atoms with Crippen LogP contribution in [0.4, 0.5) is 18.0 Å². The Morgan fingerprint density at radius 2 is 1.85 bits per heavy atom. The molecule has 0 fully saturated rings. The number of alkyl halides is 3. The van der Waals surface area contributed by atoms with Crippen molar-refractivity contribution in [2.75, 3.05) is 19.8 Å². The maximum atomic E-state index is 13.0. The topological polar surface area (TPSA) is 117 Å². The lowest BCUT2D eigenvalue weighted by molar-refractivity contribution is -0.144. The molecule has 0 saturated heterocycles. The molecule has 0 aliphatic heterocycles. The average molecular weight is 596 g/mol. The second kappa shape index (κ2) is 14.0. The number of ether oxygens (including phenoxy) is 3. The zero-order valence-electron chi connectivity index (χ0n) is 22.0. The summed E-state index contributed by atoms with van der Waals surface area (Å²) in [6, 6.07) is 5.91. The van der Waals surface area contributed by atoms with Gasteiger partial charge < -0.3 is 23.7 Å². The molecule has 2 rings (SSSR count). The van der Waals surface area contributed by atoms with E-state index in [0.29, 0.717) is 12.0 Å². The van der Waals surface area contributed by atoms with Crippen molar-refractivity contribution in [3.05, 3.63) is 51.7 Å². The van der Waals surface area contributed by atoms with Gasteiger partial charge in [0.05, 0.1) is 26.2 Å². The molecule has 218 valence electrons. The number of rotatable bonds is 13. The Morgan fingerprint density at radius 1 is 1.13 bits per heavy atom. The van der Waals surface area contributed by atoms with Gasteiger partial charge in [0.25, 0.3) is 0 Å². The van der Waals surface area contributed by atoms with Gasteiger partial charge in [0, 0.05) is 18.0 Å². The summed E-state index contributed by atoms with van der Waals surface area (Å²) in [5.41, 5.74) is -4.89. The lowest BCUT2D eigenvalue weighted by atomic mass is 9.93. The number of hydrogen-bond donors (Lipinski definition) is 1. The summed E-state index contributed by atoms with van der Waals surface area (Å²) in [7, 11) is -5.94. The van der Waals surface area contributed by atoms with E-state index in [1.54, 1.807) is 27.7 Å².